The molecule has 0 aliphatic rings. The first-order valence-electron chi connectivity index (χ1n) is 5.00. The van der Waals surface area contributed by atoms with Crippen molar-refractivity contribution in [3.05, 3.63) is 0 Å². The predicted octanol–water partition coefficient (Wildman–Crippen LogP) is 1.39. The average Bonchev–Trinajstić information content (AvgIpc) is 2.10. The smallest absolute Gasteiger partial charge is 0.0963 e. The Kier molecular flexibility index (Phi) is 6.49. The molecule has 0 spiro atoms. The molecule has 0 heterocycles. The summed E-state index contributed by atoms with van der Waals surface area (Å²) < 4.78 is 10.5. The van der Waals surface area contributed by atoms with Crippen LogP contribution in [0.1, 0.15) is 27.2 Å². The summed E-state index contributed by atoms with van der Waals surface area (Å²) >= 11 is 0. The van der Waals surface area contributed by atoms with E-state index in [2.05, 4.69) is 0 Å². The second-order valence-corrected chi connectivity index (χ2v) is 3.86. The van der Waals surface area contributed by atoms with Gasteiger partial charge in [0.1, 0.15) is 0 Å². The molecule has 3 N–H and O–H groups in total. The summed E-state index contributed by atoms with van der Waals surface area (Å²) in [6.07, 6.45) is 0.772. The zero-order valence-electron chi connectivity index (χ0n) is 9.43. The van der Waals surface area contributed by atoms with Crippen LogP contribution in [0.4, 0.5) is 0 Å². The minimum absolute atomic E-state index is 0.214. The van der Waals surface area contributed by atoms with Crippen molar-refractivity contribution in [2.75, 3.05) is 26.4 Å². The SMILES string of the molecule is CCOCCOCCC(C)(C)C(=N)N. The maximum Gasteiger partial charge on any atom is 0.0963 e. The fraction of sp³-hybridized carbons (Fsp3) is 0.900. The maximum atomic E-state index is 7.34. The zero-order chi connectivity index (χ0) is 11.0. The topological polar surface area (TPSA) is 68.3 Å². The lowest BCUT2D eigenvalue weighted by atomic mass is 9.89. The zero-order valence-corrected chi connectivity index (χ0v) is 9.43. The molecule has 0 aliphatic heterocycles. The van der Waals surface area contributed by atoms with Gasteiger partial charge in [-0.2, -0.15) is 0 Å². The molecule has 0 atom stereocenters. The molecule has 14 heavy (non-hydrogen) atoms. The molecule has 84 valence electrons. The van der Waals surface area contributed by atoms with Crippen molar-refractivity contribution in [2.24, 2.45) is 11.1 Å². The van der Waals surface area contributed by atoms with E-state index in [-0.39, 0.29) is 11.3 Å². The third-order valence-electron chi connectivity index (χ3n) is 2.18. The summed E-state index contributed by atoms with van der Waals surface area (Å²) in [5, 5.41) is 7.34. The molecule has 0 radical (unpaired) electrons. The van der Waals surface area contributed by atoms with Gasteiger partial charge in [-0.05, 0) is 13.3 Å². The van der Waals surface area contributed by atoms with Crippen LogP contribution < -0.4 is 5.73 Å². The van der Waals surface area contributed by atoms with Crippen LogP contribution in [0.3, 0.4) is 0 Å². The third-order valence-corrected chi connectivity index (χ3v) is 2.18. The average molecular weight is 202 g/mol. The Morgan fingerprint density at radius 1 is 1.21 bits per heavy atom. The standard InChI is InChI=1S/C10H22N2O2/c1-4-13-7-8-14-6-5-10(2,3)9(11)12/h4-8H2,1-3H3,(H3,11,12). The molecule has 0 rings (SSSR count). The van der Waals surface area contributed by atoms with Crippen LogP contribution in [-0.2, 0) is 9.47 Å². The highest BCUT2D eigenvalue weighted by molar-refractivity contribution is 5.82. The van der Waals surface area contributed by atoms with Gasteiger partial charge in [-0.25, -0.2) is 0 Å². The molecule has 0 unspecified atom stereocenters. The molecule has 0 aliphatic carbocycles. The van der Waals surface area contributed by atoms with E-state index in [0.29, 0.717) is 19.8 Å². The van der Waals surface area contributed by atoms with Crippen LogP contribution >= 0.6 is 0 Å². The second-order valence-electron chi connectivity index (χ2n) is 3.86. The number of hydrogen-bond donors (Lipinski definition) is 2. The van der Waals surface area contributed by atoms with Crippen molar-refractivity contribution < 1.29 is 9.47 Å². The Morgan fingerprint density at radius 3 is 2.29 bits per heavy atom. The quantitative estimate of drug-likeness (QED) is 0.355. The van der Waals surface area contributed by atoms with E-state index in [9.17, 15) is 0 Å². The fourth-order valence-corrected chi connectivity index (χ4v) is 0.826. The summed E-state index contributed by atoms with van der Waals surface area (Å²) in [6.45, 7) is 8.45. The van der Waals surface area contributed by atoms with Gasteiger partial charge in [0.2, 0.25) is 0 Å². The molecule has 0 amide bonds. The molecule has 4 nitrogen and oxygen atoms in total. The van der Waals surface area contributed by atoms with Crippen LogP contribution in [0.5, 0.6) is 0 Å². The molecule has 0 aromatic rings. The summed E-state index contributed by atoms with van der Waals surface area (Å²) in [5.41, 5.74) is 5.18. The van der Waals surface area contributed by atoms with Gasteiger partial charge in [-0.1, -0.05) is 13.8 Å². The molecule has 0 aromatic heterocycles. The maximum absolute atomic E-state index is 7.34. The Hall–Kier alpha value is -0.610. The number of amidine groups is 1. The van der Waals surface area contributed by atoms with Crippen molar-refractivity contribution >= 4 is 5.84 Å². The Balaban J connectivity index is 3.40. The van der Waals surface area contributed by atoms with E-state index in [1.807, 2.05) is 20.8 Å². The van der Waals surface area contributed by atoms with Gasteiger partial charge < -0.3 is 15.2 Å². The van der Waals surface area contributed by atoms with Gasteiger partial charge in [0, 0.05) is 18.6 Å². The number of nitrogens with one attached hydrogen (secondary N) is 1. The first-order valence-corrected chi connectivity index (χ1v) is 5.00. The van der Waals surface area contributed by atoms with Crippen LogP contribution in [0.25, 0.3) is 0 Å². The van der Waals surface area contributed by atoms with Gasteiger partial charge in [-0.15, -0.1) is 0 Å². The van der Waals surface area contributed by atoms with Gasteiger partial charge >= 0.3 is 0 Å². The number of rotatable bonds is 8. The highest BCUT2D eigenvalue weighted by Gasteiger charge is 2.20. The summed E-state index contributed by atoms with van der Waals surface area (Å²) in [6, 6.07) is 0. The Bertz CT molecular complexity index is 170. The van der Waals surface area contributed by atoms with Gasteiger partial charge in [0.15, 0.2) is 0 Å². The highest BCUT2D eigenvalue weighted by atomic mass is 16.5. The molecule has 0 bridgehead atoms. The molecule has 0 aromatic carbocycles. The molecule has 0 saturated heterocycles. The van der Waals surface area contributed by atoms with Crippen LogP contribution in [0, 0.1) is 10.8 Å². The minimum Gasteiger partial charge on any atom is -0.387 e. The van der Waals surface area contributed by atoms with E-state index >= 15 is 0 Å². The van der Waals surface area contributed by atoms with Crippen molar-refractivity contribution in [3.63, 3.8) is 0 Å². The third kappa shape index (κ3) is 5.94. The number of nitrogens with two attached hydrogens (primary N) is 1. The van der Waals surface area contributed by atoms with Crippen LogP contribution in [-0.4, -0.2) is 32.3 Å². The van der Waals surface area contributed by atoms with E-state index in [1.165, 1.54) is 0 Å². The molecular formula is C10H22N2O2. The number of hydrogen-bond acceptors (Lipinski definition) is 3. The largest absolute Gasteiger partial charge is 0.387 e. The molecule has 0 saturated carbocycles. The van der Waals surface area contributed by atoms with Gasteiger partial charge in [0.05, 0.1) is 19.0 Å². The first kappa shape index (κ1) is 13.4. The summed E-state index contributed by atoms with van der Waals surface area (Å²) in [5.74, 6) is 0.214. The monoisotopic (exact) mass is 202 g/mol. The predicted molar refractivity (Wildman–Crippen MR) is 57.6 cm³/mol. The van der Waals surface area contributed by atoms with E-state index < -0.39 is 0 Å². The van der Waals surface area contributed by atoms with E-state index in [0.717, 1.165) is 13.0 Å². The van der Waals surface area contributed by atoms with Gasteiger partial charge in [-0.3, -0.25) is 5.41 Å². The number of ether oxygens (including phenoxy) is 2. The summed E-state index contributed by atoms with van der Waals surface area (Å²) in [7, 11) is 0. The highest BCUT2D eigenvalue weighted by Crippen LogP contribution is 2.19. The molecule has 4 heteroatoms. The second kappa shape index (κ2) is 6.79. The van der Waals surface area contributed by atoms with Crippen molar-refractivity contribution in [1.82, 2.24) is 0 Å². The first-order chi connectivity index (χ1) is 6.50. The molecule has 0 fully saturated rings. The van der Waals surface area contributed by atoms with Crippen LogP contribution in [0.15, 0.2) is 0 Å². The normalized spacial score (nSPS) is 11.6. The lowest BCUT2D eigenvalue weighted by Crippen LogP contribution is -2.32. The Labute approximate surface area is 86.3 Å². The molecular weight excluding hydrogens is 180 g/mol. The minimum atomic E-state index is -0.258. The van der Waals surface area contributed by atoms with Crippen molar-refractivity contribution in [3.8, 4) is 0 Å². The lowest BCUT2D eigenvalue weighted by molar-refractivity contribution is 0.0461. The Morgan fingerprint density at radius 2 is 1.79 bits per heavy atom. The fourth-order valence-electron chi connectivity index (χ4n) is 0.826. The van der Waals surface area contributed by atoms with E-state index in [4.69, 9.17) is 20.6 Å². The summed E-state index contributed by atoms with van der Waals surface area (Å²) in [4.78, 5) is 0. The van der Waals surface area contributed by atoms with Crippen molar-refractivity contribution in [2.45, 2.75) is 27.2 Å². The lowest BCUT2D eigenvalue weighted by Gasteiger charge is -2.22. The van der Waals surface area contributed by atoms with Crippen molar-refractivity contribution in [1.29, 1.82) is 5.41 Å². The van der Waals surface area contributed by atoms with Crippen LogP contribution in [0.2, 0.25) is 0 Å². The van der Waals surface area contributed by atoms with Gasteiger partial charge in [0.25, 0.3) is 0 Å². The van der Waals surface area contributed by atoms with E-state index in [1.54, 1.807) is 0 Å².